The van der Waals surface area contributed by atoms with Gasteiger partial charge in [-0.1, -0.05) is 37.6 Å². The molecular formula is C17H20N2O4. The lowest BCUT2D eigenvalue weighted by Gasteiger charge is -2.15. The largest absolute Gasteiger partial charge is 0.450 e. The molecule has 0 fully saturated rings. The predicted molar refractivity (Wildman–Crippen MR) is 85.1 cm³/mol. The number of hydrogen-bond acceptors (Lipinski definition) is 5. The molecule has 1 aromatic rings. The molecule has 0 unspecified atom stereocenters. The highest BCUT2D eigenvalue weighted by atomic mass is 16.5. The van der Waals surface area contributed by atoms with Crippen LogP contribution in [0.4, 0.5) is 0 Å². The molecule has 1 heterocycles. The zero-order chi connectivity index (χ0) is 16.8. The molecule has 0 aliphatic carbocycles. The predicted octanol–water partition coefficient (Wildman–Crippen LogP) is 2.02. The number of benzene rings is 1. The van der Waals surface area contributed by atoms with Gasteiger partial charge in [0.05, 0.1) is 0 Å². The molecule has 23 heavy (non-hydrogen) atoms. The second kappa shape index (κ2) is 7.67. The van der Waals surface area contributed by atoms with Crippen molar-refractivity contribution in [1.82, 2.24) is 5.43 Å². The summed E-state index contributed by atoms with van der Waals surface area (Å²) in [6.07, 6.45) is 1.51. The molecule has 1 aliphatic rings. The van der Waals surface area contributed by atoms with Crippen molar-refractivity contribution < 1.29 is 19.1 Å². The maximum Gasteiger partial charge on any atom is 0.355 e. The standard InChI is InChI=1S/C17H20N2O4/c1-3-4-12-5-7-13(8-6-12)16(21)11(2)23-17(22)14-9-10-15(20)19-18-14/h5-8,11H,3-4,9-10H2,1-2H3,(H,19,20)/t11-/m1/s1. The first kappa shape index (κ1) is 16.9. The first-order chi connectivity index (χ1) is 11.0. The van der Waals surface area contributed by atoms with Gasteiger partial charge in [0.1, 0.15) is 5.71 Å². The first-order valence-corrected chi connectivity index (χ1v) is 7.70. The molecule has 6 heteroatoms. The first-order valence-electron chi connectivity index (χ1n) is 7.70. The molecule has 6 nitrogen and oxygen atoms in total. The summed E-state index contributed by atoms with van der Waals surface area (Å²) in [7, 11) is 0. The fourth-order valence-corrected chi connectivity index (χ4v) is 2.26. The zero-order valence-corrected chi connectivity index (χ0v) is 13.3. The third kappa shape index (κ3) is 4.48. The quantitative estimate of drug-likeness (QED) is 0.643. The maximum atomic E-state index is 12.3. The molecule has 0 aromatic heterocycles. The van der Waals surface area contributed by atoms with Crippen LogP contribution in [0.1, 0.15) is 49.0 Å². The molecule has 1 atom stereocenters. The van der Waals surface area contributed by atoms with E-state index in [1.165, 1.54) is 12.5 Å². The molecule has 1 N–H and O–H groups in total. The van der Waals surface area contributed by atoms with Crippen molar-refractivity contribution in [1.29, 1.82) is 0 Å². The Morgan fingerprint density at radius 1 is 1.26 bits per heavy atom. The maximum absolute atomic E-state index is 12.3. The van der Waals surface area contributed by atoms with Crippen LogP contribution in [-0.2, 0) is 20.7 Å². The number of aryl methyl sites for hydroxylation is 1. The molecule has 1 aliphatic heterocycles. The Bertz CT molecular complexity index is 634. The highest BCUT2D eigenvalue weighted by molar-refractivity contribution is 6.37. The van der Waals surface area contributed by atoms with E-state index < -0.39 is 12.1 Å². The number of amides is 1. The molecule has 0 spiro atoms. The Labute approximate surface area is 134 Å². The highest BCUT2D eigenvalue weighted by Crippen LogP contribution is 2.11. The summed E-state index contributed by atoms with van der Waals surface area (Å²) in [4.78, 5) is 35.2. The topological polar surface area (TPSA) is 84.8 Å². The van der Waals surface area contributed by atoms with Gasteiger partial charge in [0, 0.05) is 18.4 Å². The van der Waals surface area contributed by atoms with Crippen LogP contribution in [0.5, 0.6) is 0 Å². The third-order valence-corrected chi connectivity index (χ3v) is 3.57. The summed E-state index contributed by atoms with van der Waals surface area (Å²) in [6.45, 7) is 3.62. The van der Waals surface area contributed by atoms with Crippen molar-refractivity contribution in [2.24, 2.45) is 5.10 Å². The van der Waals surface area contributed by atoms with Gasteiger partial charge in [-0.05, 0) is 18.9 Å². The second-order valence-electron chi connectivity index (χ2n) is 5.45. The van der Waals surface area contributed by atoms with Gasteiger partial charge in [-0.3, -0.25) is 9.59 Å². The number of carbonyl (C=O) groups excluding carboxylic acids is 3. The van der Waals surface area contributed by atoms with Gasteiger partial charge in [-0.15, -0.1) is 0 Å². The van der Waals surface area contributed by atoms with Crippen molar-refractivity contribution in [2.75, 3.05) is 0 Å². The molecule has 0 radical (unpaired) electrons. The number of nitrogens with one attached hydrogen (secondary N) is 1. The minimum atomic E-state index is -0.903. The van der Waals surface area contributed by atoms with E-state index in [1.807, 2.05) is 12.1 Å². The lowest BCUT2D eigenvalue weighted by molar-refractivity contribution is -0.138. The number of carbonyl (C=O) groups is 3. The van der Waals surface area contributed by atoms with Gasteiger partial charge in [-0.2, -0.15) is 5.10 Å². The third-order valence-electron chi connectivity index (χ3n) is 3.57. The average molecular weight is 316 g/mol. The minimum absolute atomic E-state index is 0.127. The Balaban J connectivity index is 1.96. The van der Waals surface area contributed by atoms with Crippen molar-refractivity contribution >= 4 is 23.4 Å². The van der Waals surface area contributed by atoms with Gasteiger partial charge >= 0.3 is 5.97 Å². The summed E-state index contributed by atoms with van der Waals surface area (Å²) in [5.41, 5.74) is 4.03. The smallest absolute Gasteiger partial charge is 0.355 e. The molecule has 122 valence electrons. The number of ketones is 1. The fraction of sp³-hybridized carbons (Fsp3) is 0.412. The molecular weight excluding hydrogens is 296 g/mol. The molecule has 2 rings (SSSR count). The molecule has 0 saturated carbocycles. The van der Waals surface area contributed by atoms with Crippen molar-refractivity contribution in [3.63, 3.8) is 0 Å². The number of Topliss-reactive ketones (excluding diaryl/α,β-unsaturated/α-hetero) is 1. The lowest BCUT2D eigenvalue weighted by Crippen LogP contribution is -2.34. The van der Waals surface area contributed by atoms with E-state index in [1.54, 1.807) is 12.1 Å². The van der Waals surface area contributed by atoms with E-state index in [9.17, 15) is 14.4 Å². The average Bonchev–Trinajstić information content (AvgIpc) is 2.55. The van der Waals surface area contributed by atoms with Gasteiger partial charge in [-0.25, -0.2) is 10.2 Å². The van der Waals surface area contributed by atoms with Gasteiger partial charge in [0.25, 0.3) is 0 Å². The van der Waals surface area contributed by atoms with E-state index in [2.05, 4.69) is 17.5 Å². The summed E-state index contributed by atoms with van der Waals surface area (Å²) in [5.74, 6) is -1.17. The Kier molecular flexibility index (Phi) is 5.62. The number of hydrogen-bond donors (Lipinski definition) is 1. The zero-order valence-electron chi connectivity index (χ0n) is 13.3. The van der Waals surface area contributed by atoms with Crippen molar-refractivity contribution in [3.8, 4) is 0 Å². The van der Waals surface area contributed by atoms with Gasteiger partial charge < -0.3 is 4.74 Å². The van der Waals surface area contributed by atoms with Crippen LogP contribution in [0.15, 0.2) is 29.4 Å². The number of rotatable bonds is 6. The van der Waals surface area contributed by atoms with Crippen LogP contribution in [0.3, 0.4) is 0 Å². The van der Waals surface area contributed by atoms with Gasteiger partial charge in [0.15, 0.2) is 6.10 Å². The number of nitrogens with zero attached hydrogens (tertiary/aromatic N) is 1. The Morgan fingerprint density at radius 3 is 2.52 bits per heavy atom. The van der Waals surface area contributed by atoms with Gasteiger partial charge in [0.2, 0.25) is 11.7 Å². The summed E-state index contributed by atoms with van der Waals surface area (Å²) < 4.78 is 5.15. The molecule has 0 saturated heterocycles. The second-order valence-corrected chi connectivity index (χ2v) is 5.45. The van der Waals surface area contributed by atoms with Crippen LogP contribution in [-0.4, -0.2) is 29.5 Å². The van der Waals surface area contributed by atoms with Crippen LogP contribution in [0.25, 0.3) is 0 Å². The van der Waals surface area contributed by atoms with Crippen LogP contribution in [0, 0.1) is 0 Å². The molecule has 0 bridgehead atoms. The van der Waals surface area contributed by atoms with Crippen molar-refractivity contribution in [2.45, 2.75) is 45.6 Å². The molecule has 1 amide bonds. The monoisotopic (exact) mass is 316 g/mol. The van der Waals surface area contributed by atoms with Crippen LogP contribution in [0.2, 0.25) is 0 Å². The molecule has 1 aromatic carbocycles. The van der Waals surface area contributed by atoms with E-state index >= 15 is 0 Å². The Morgan fingerprint density at radius 2 is 1.96 bits per heavy atom. The fourth-order valence-electron chi connectivity index (χ4n) is 2.26. The number of ether oxygens (including phenoxy) is 1. The van der Waals surface area contributed by atoms with E-state index in [4.69, 9.17) is 4.74 Å². The Hall–Kier alpha value is -2.50. The summed E-state index contributed by atoms with van der Waals surface area (Å²) in [5, 5.41) is 3.66. The SMILES string of the molecule is CCCc1ccc(C(=O)[C@@H](C)OC(=O)C2=NNC(=O)CC2)cc1. The number of esters is 1. The highest BCUT2D eigenvalue weighted by Gasteiger charge is 2.24. The van der Waals surface area contributed by atoms with E-state index in [0.717, 1.165) is 12.8 Å². The summed E-state index contributed by atoms with van der Waals surface area (Å²) in [6, 6.07) is 7.31. The normalized spacial score (nSPS) is 15.4. The lowest BCUT2D eigenvalue weighted by atomic mass is 10.0. The number of hydrazone groups is 1. The van der Waals surface area contributed by atoms with Crippen molar-refractivity contribution in [3.05, 3.63) is 35.4 Å². The summed E-state index contributed by atoms with van der Waals surface area (Å²) >= 11 is 0. The van der Waals surface area contributed by atoms with Crippen LogP contribution < -0.4 is 5.43 Å². The van der Waals surface area contributed by atoms with E-state index in [-0.39, 0.29) is 30.2 Å². The van der Waals surface area contributed by atoms with Crippen LogP contribution >= 0.6 is 0 Å². The minimum Gasteiger partial charge on any atom is -0.450 e. The van der Waals surface area contributed by atoms with E-state index in [0.29, 0.717) is 5.56 Å².